The maximum absolute atomic E-state index is 12.8. The van der Waals surface area contributed by atoms with Crippen molar-refractivity contribution in [1.82, 2.24) is 5.32 Å². The summed E-state index contributed by atoms with van der Waals surface area (Å²) in [5.41, 5.74) is 1.50. The van der Waals surface area contributed by atoms with E-state index in [1.165, 1.54) is 0 Å². The van der Waals surface area contributed by atoms with Crippen LogP contribution in [0.4, 0.5) is 4.79 Å². The van der Waals surface area contributed by atoms with Crippen molar-refractivity contribution in [3.63, 3.8) is 0 Å². The standard InChI is InChI=1S/C27H35NO12/c29-11-17-20(31)22(33)23(34)26(39-17)40-24-19(28-27(35)37-14-16-9-5-2-6-10-16)25(38-18(12-30)21(24)32)36-13-15-7-3-1-4-8-15/h1-10,17-26,29-34H,11-14H2,(H,28,35). The Hall–Kier alpha value is -2.69. The van der Waals surface area contributed by atoms with Gasteiger partial charge in [-0.25, -0.2) is 4.79 Å². The molecular formula is C27H35NO12. The predicted octanol–water partition coefficient (Wildman–Crippen LogP) is -1.24. The molecule has 13 heteroatoms. The first-order chi connectivity index (χ1) is 19.3. The van der Waals surface area contributed by atoms with Gasteiger partial charge in [0.2, 0.25) is 0 Å². The van der Waals surface area contributed by atoms with Crippen molar-refractivity contribution in [2.75, 3.05) is 13.2 Å². The Balaban J connectivity index is 1.56. The van der Waals surface area contributed by atoms with Crippen LogP contribution in [0.3, 0.4) is 0 Å². The molecule has 2 fully saturated rings. The molecule has 4 rings (SSSR count). The number of benzene rings is 2. The number of nitrogens with one attached hydrogen (secondary N) is 1. The minimum absolute atomic E-state index is 0.0315. The van der Waals surface area contributed by atoms with Gasteiger partial charge in [-0.3, -0.25) is 0 Å². The third-order valence-electron chi connectivity index (χ3n) is 6.75. The van der Waals surface area contributed by atoms with E-state index >= 15 is 0 Å². The quantitative estimate of drug-likeness (QED) is 0.181. The van der Waals surface area contributed by atoms with Crippen molar-refractivity contribution in [2.45, 2.75) is 74.6 Å². The van der Waals surface area contributed by atoms with Gasteiger partial charge in [-0.05, 0) is 11.1 Å². The number of aliphatic hydroxyl groups is 6. The third kappa shape index (κ3) is 7.33. The summed E-state index contributed by atoms with van der Waals surface area (Å²) in [6, 6.07) is 16.7. The first-order valence-corrected chi connectivity index (χ1v) is 12.9. The van der Waals surface area contributed by atoms with Gasteiger partial charge >= 0.3 is 6.09 Å². The number of aliphatic hydroxyl groups excluding tert-OH is 6. The molecule has 2 aliphatic rings. The Labute approximate surface area is 230 Å². The molecule has 0 bridgehead atoms. The summed E-state index contributed by atoms with van der Waals surface area (Å²) in [6.07, 6.45) is -14.5. The Morgan fingerprint density at radius 1 is 0.725 bits per heavy atom. The molecule has 10 unspecified atom stereocenters. The lowest BCUT2D eigenvalue weighted by atomic mass is 9.95. The molecule has 40 heavy (non-hydrogen) atoms. The van der Waals surface area contributed by atoms with Crippen LogP contribution < -0.4 is 5.32 Å². The van der Waals surface area contributed by atoms with Gasteiger partial charge in [0.05, 0.1) is 19.8 Å². The first-order valence-electron chi connectivity index (χ1n) is 12.9. The van der Waals surface area contributed by atoms with E-state index in [1.54, 1.807) is 36.4 Å². The molecule has 0 spiro atoms. The van der Waals surface area contributed by atoms with Crippen LogP contribution in [-0.4, -0.2) is 111 Å². The molecule has 7 N–H and O–H groups in total. The highest BCUT2D eigenvalue weighted by atomic mass is 16.7. The topological polar surface area (TPSA) is 197 Å². The van der Waals surface area contributed by atoms with Crippen LogP contribution in [-0.2, 0) is 36.9 Å². The van der Waals surface area contributed by atoms with Crippen LogP contribution in [0.2, 0.25) is 0 Å². The second-order valence-corrected chi connectivity index (χ2v) is 9.54. The van der Waals surface area contributed by atoms with E-state index < -0.39 is 80.7 Å². The summed E-state index contributed by atoms with van der Waals surface area (Å²) < 4.78 is 28.3. The summed E-state index contributed by atoms with van der Waals surface area (Å²) >= 11 is 0. The second kappa shape index (κ2) is 14.3. The van der Waals surface area contributed by atoms with Gasteiger partial charge < -0.3 is 59.6 Å². The van der Waals surface area contributed by atoms with E-state index in [4.69, 9.17) is 23.7 Å². The van der Waals surface area contributed by atoms with Crippen LogP contribution in [0, 0.1) is 0 Å². The van der Waals surface area contributed by atoms with Crippen molar-refractivity contribution in [3.05, 3.63) is 71.8 Å². The lowest BCUT2D eigenvalue weighted by Crippen LogP contribution is -2.68. The predicted molar refractivity (Wildman–Crippen MR) is 135 cm³/mol. The number of alkyl carbamates (subject to hydrolysis) is 1. The molecule has 2 aromatic carbocycles. The monoisotopic (exact) mass is 565 g/mol. The van der Waals surface area contributed by atoms with Crippen molar-refractivity contribution in [3.8, 4) is 0 Å². The molecule has 220 valence electrons. The molecule has 2 saturated heterocycles. The maximum Gasteiger partial charge on any atom is 0.407 e. The lowest BCUT2D eigenvalue weighted by Gasteiger charge is -2.47. The summed E-state index contributed by atoms with van der Waals surface area (Å²) in [7, 11) is 0. The Morgan fingerprint density at radius 3 is 1.88 bits per heavy atom. The van der Waals surface area contributed by atoms with Crippen LogP contribution >= 0.6 is 0 Å². The van der Waals surface area contributed by atoms with Gasteiger partial charge in [-0.2, -0.15) is 0 Å². The maximum atomic E-state index is 12.8. The van der Waals surface area contributed by atoms with Crippen LogP contribution in [0.15, 0.2) is 60.7 Å². The minimum Gasteiger partial charge on any atom is -0.445 e. The average Bonchev–Trinajstić information content (AvgIpc) is 2.98. The molecular weight excluding hydrogens is 530 g/mol. The van der Waals surface area contributed by atoms with Gasteiger partial charge in [0.15, 0.2) is 12.6 Å². The summed E-state index contributed by atoms with van der Waals surface area (Å²) in [5.74, 6) is 0. The number of ether oxygens (including phenoxy) is 5. The zero-order valence-corrected chi connectivity index (χ0v) is 21.5. The molecule has 2 aromatic rings. The van der Waals surface area contributed by atoms with Gasteiger partial charge in [0.1, 0.15) is 55.4 Å². The molecule has 2 heterocycles. The Morgan fingerprint density at radius 2 is 1.27 bits per heavy atom. The number of amides is 1. The molecule has 13 nitrogen and oxygen atoms in total. The summed E-state index contributed by atoms with van der Waals surface area (Å²) in [6.45, 7) is -1.37. The third-order valence-corrected chi connectivity index (χ3v) is 6.75. The van der Waals surface area contributed by atoms with E-state index in [0.717, 1.165) is 11.1 Å². The first kappa shape index (κ1) is 30.3. The fraction of sp³-hybridized carbons (Fsp3) is 0.519. The van der Waals surface area contributed by atoms with Crippen molar-refractivity contribution in [1.29, 1.82) is 0 Å². The van der Waals surface area contributed by atoms with E-state index in [-0.39, 0.29) is 13.2 Å². The normalized spacial score (nSPS) is 34.2. The van der Waals surface area contributed by atoms with E-state index in [9.17, 15) is 35.4 Å². The van der Waals surface area contributed by atoms with Gasteiger partial charge in [-0.1, -0.05) is 60.7 Å². The van der Waals surface area contributed by atoms with E-state index in [1.807, 2.05) is 24.3 Å². The summed E-state index contributed by atoms with van der Waals surface area (Å²) in [5, 5.41) is 63.8. The molecule has 0 saturated carbocycles. The molecule has 10 atom stereocenters. The highest BCUT2D eigenvalue weighted by Crippen LogP contribution is 2.30. The number of hydrogen-bond donors (Lipinski definition) is 7. The Kier molecular flexibility index (Phi) is 10.8. The zero-order chi connectivity index (χ0) is 28.6. The fourth-order valence-corrected chi connectivity index (χ4v) is 4.51. The van der Waals surface area contributed by atoms with Crippen LogP contribution in [0.1, 0.15) is 11.1 Å². The largest absolute Gasteiger partial charge is 0.445 e. The van der Waals surface area contributed by atoms with E-state index in [0.29, 0.717) is 0 Å². The number of rotatable bonds is 10. The Bertz CT molecular complexity index is 1040. The fourth-order valence-electron chi connectivity index (χ4n) is 4.51. The van der Waals surface area contributed by atoms with Crippen LogP contribution in [0.25, 0.3) is 0 Å². The van der Waals surface area contributed by atoms with Crippen molar-refractivity contribution >= 4 is 6.09 Å². The highest BCUT2D eigenvalue weighted by Gasteiger charge is 2.51. The molecule has 0 aliphatic carbocycles. The highest BCUT2D eigenvalue weighted by molar-refractivity contribution is 5.67. The van der Waals surface area contributed by atoms with Gasteiger partial charge in [0, 0.05) is 0 Å². The molecule has 0 radical (unpaired) electrons. The molecule has 2 aliphatic heterocycles. The number of carbonyl (C=O) groups is 1. The molecule has 0 aromatic heterocycles. The molecule has 1 amide bonds. The van der Waals surface area contributed by atoms with Gasteiger partial charge in [0.25, 0.3) is 0 Å². The lowest BCUT2D eigenvalue weighted by molar-refractivity contribution is -0.345. The smallest absolute Gasteiger partial charge is 0.407 e. The minimum atomic E-state index is -1.78. The van der Waals surface area contributed by atoms with Crippen LogP contribution in [0.5, 0.6) is 0 Å². The summed E-state index contributed by atoms with van der Waals surface area (Å²) in [4.78, 5) is 12.8. The number of carbonyl (C=O) groups excluding carboxylic acids is 1. The van der Waals surface area contributed by atoms with Gasteiger partial charge in [-0.15, -0.1) is 0 Å². The van der Waals surface area contributed by atoms with Crippen molar-refractivity contribution < 1.29 is 59.1 Å². The zero-order valence-electron chi connectivity index (χ0n) is 21.5. The average molecular weight is 566 g/mol. The number of hydrogen-bond acceptors (Lipinski definition) is 12. The SMILES string of the molecule is O=C(NC1C(OCc2ccccc2)OC(CO)C(O)C1OC1OC(CO)C(O)C(O)C1O)OCc1ccccc1. The second-order valence-electron chi connectivity index (χ2n) is 9.54. The van der Waals surface area contributed by atoms with E-state index in [2.05, 4.69) is 5.32 Å². The van der Waals surface area contributed by atoms with Crippen molar-refractivity contribution in [2.24, 2.45) is 0 Å².